The Labute approximate surface area is 102 Å². The molecule has 0 bridgehead atoms. The van der Waals surface area contributed by atoms with Crippen molar-refractivity contribution in [3.8, 4) is 0 Å². The van der Waals surface area contributed by atoms with Gasteiger partial charge in [0.1, 0.15) is 0 Å². The number of benzene rings is 1. The zero-order chi connectivity index (χ0) is 11.7. The van der Waals surface area contributed by atoms with Gasteiger partial charge in [-0.3, -0.25) is 0 Å². The minimum absolute atomic E-state index is 0.192. The van der Waals surface area contributed by atoms with E-state index >= 15 is 0 Å². The van der Waals surface area contributed by atoms with Crippen LogP contribution in [0.2, 0.25) is 0 Å². The highest BCUT2D eigenvalue weighted by Crippen LogP contribution is 2.29. The summed E-state index contributed by atoms with van der Waals surface area (Å²) in [6.07, 6.45) is 3.04. The summed E-state index contributed by atoms with van der Waals surface area (Å²) in [5, 5.41) is 17.3. The first-order valence-corrected chi connectivity index (χ1v) is 6.58. The smallest absolute Gasteiger partial charge is 0.0784 e. The van der Waals surface area contributed by atoms with Crippen molar-refractivity contribution < 1.29 is 5.11 Å². The predicted octanol–water partition coefficient (Wildman–Crippen LogP) is 1.38. The van der Waals surface area contributed by atoms with Crippen molar-refractivity contribution in [2.24, 2.45) is 5.92 Å². The van der Waals surface area contributed by atoms with E-state index < -0.39 is 0 Å². The second kappa shape index (κ2) is 4.67. The van der Waals surface area contributed by atoms with Crippen molar-refractivity contribution in [1.82, 2.24) is 5.32 Å². The molecule has 3 atom stereocenters. The quantitative estimate of drug-likeness (QED) is 0.722. The molecule has 0 spiro atoms. The SMILES string of the molecule is OC(C1CCCNC1)C1Cc2ccccc2N1. The van der Waals surface area contributed by atoms with Gasteiger partial charge in [-0.25, -0.2) is 0 Å². The monoisotopic (exact) mass is 232 g/mol. The number of anilines is 1. The maximum absolute atomic E-state index is 10.4. The van der Waals surface area contributed by atoms with Crippen LogP contribution in [0.1, 0.15) is 18.4 Å². The largest absolute Gasteiger partial charge is 0.391 e. The van der Waals surface area contributed by atoms with E-state index in [0.717, 1.165) is 25.9 Å². The van der Waals surface area contributed by atoms with E-state index in [9.17, 15) is 5.11 Å². The van der Waals surface area contributed by atoms with E-state index in [1.807, 2.05) is 6.07 Å². The molecule has 0 radical (unpaired) electrons. The van der Waals surface area contributed by atoms with E-state index in [0.29, 0.717) is 5.92 Å². The van der Waals surface area contributed by atoms with Crippen LogP contribution < -0.4 is 10.6 Å². The first kappa shape index (κ1) is 11.1. The first-order chi connectivity index (χ1) is 8.34. The molecule has 1 aromatic carbocycles. The number of hydrogen-bond donors (Lipinski definition) is 3. The van der Waals surface area contributed by atoms with Gasteiger partial charge in [0.2, 0.25) is 0 Å². The average Bonchev–Trinajstić information content (AvgIpc) is 2.82. The minimum atomic E-state index is -0.241. The Morgan fingerprint density at radius 3 is 2.94 bits per heavy atom. The zero-order valence-corrected chi connectivity index (χ0v) is 10.0. The molecule has 2 heterocycles. The van der Waals surface area contributed by atoms with Crippen LogP contribution in [0.15, 0.2) is 24.3 Å². The molecule has 1 aromatic rings. The molecule has 0 aromatic heterocycles. The Bertz CT molecular complexity index is 363. The van der Waals surface area contributed by atoms with Crippen LogP contribution >= 0.6 is 0 Å². The van der Waals surface area contributed by atoms with Crippen LogP contribution in [0.3, 0.4) is 0 Å². The molecule has 3 nitrogen and oxygen atoms in total. The van der Waals surface area contributed by atoms with Crippen LogP contribution in [0.25, 0.3) is 0 Å². The molecule has 2 aliphatic heterocycles. The van der Waals surface area contributed by atoms with Crippen molar-refractivity contribution in [1.29, 1.82) is 0 Å². The molecular weight excluding hydrogens is 212 g/mol. The van der Waals surface area contributed by atoms with Crippen molar-refractivity contribution in [3.05, 3.63) is 29.8 Å². The molecule has 17 heavy (non-hydrogen) atoms. The lowest BCUT2D eigenvalue weighted by atomic mass is 9.88. The standard InChI is InChI=1S/C14H20N2O/c17-14(11-5-3-7-15-9-11)13-8-10-4-1-2-6-12(10)16-13/h1-2,4,6,11,13-17H,3,5,7-9H2. The molecule has 3 heteroatoms. The van der Waals surface area contributed by atoms with Crippen LogP contribution in [0.4, 0.5) is 5.69 Å². The van der Waals surface area contributed by atoms with Crippen LogP contribution in [0.5, 0.6) is 0 Å². The number of hydrogen-bond acceptors (Lipinski definition) is 3. The molecule has 3 unspecified atom stereocenters. The fourth-order valence-corrected chi connectivity index (χ4v) is 3.03. The Morgan fingerprint density at radius 2 is 2.18 bits per heavy atom. The van der Waals surface area contributed by atoms with Crippen molar-refractivity contribution in [2.75, 3.05) is 18.4 Å². The van der Waals surface area contributed by atoms with E-state index in [2.05, 4.69) is 28.8 Å². The summed E-state index contributed by atoms with van der Waals surface area (Å²) in [6.45, 7) is 2.05. The van der Waals surface area contributed by atoms with Gasteiger partial charge >= 0.3 is 0 Å². The maximum Gasteiger partial charge on any atom is 0.0784 e. The Morgan fingerprint density at radius 1 is 1.29 bits per heavy atom. The van der Waals surface area contributed by atoms with Gasteiger partial charge in [0, 0.05) is 12.2 Å². The van der Waals surface area contributed by atoms with Gasteiger partial charge in [-0.1, -0.05) is 18.2 Å². The number of aliphatic hydroxyl groups is 1. The third-order valence-electron chi connectivity index (χ3n) is 4.03. The van der Waals surface area contributed by atoms with Gasteiger partial charge in [0.25, 0.3) is 0 Å². The molecule has 0 saturated carbocycles. The number of nitrogens with one attached hydrogen (secondary N) is 2. The summed E-state index contributed by atoms with van der Waals surface area (Å²) in [7, 11) is 0. The van der Waals surface area contributed by atoms with Gasteiger partial charge in [-0.05, 0) is 43.4 Å². The number of rotatable bonds is 2. The van der Waals surface area contributed by atoms with Crippen LogP contribution in [-0.4, -0.2) is 30.3 Å². The average molecular weight is 232 g/mol. The topological polar surface area (TPSA) is 44.3 Å². The Hall–Kier alpha value is -1.06. The summed E-state index contributed by atoms with van der Waals surface area (Å²) in [5.74, 6) is 0.399. The van der Waals surface area contributed by atoms with Gasteiger partial charge in [-0.2, -0.15) is 0 Å². The van der Waals surface area contributed by atoms with Gasteiger partial charge in [-0.15, -0.1) is 0 Å². The highest BCUT2D eigenvalue weighted by molar-refractivity contribution is 5.56. The van der Waals surface area contributed by atoms with Crippen LogP contribution in [-0.2, 0) is 6.42 Å². The summed E-state index contributed by atoms with van der Waals surface area (Å²) >= 11 is 0. The molecule has 3 rings (SSSR count). The summed E-state index contributed by atoms with van der Waals surface area (Å²) < 4.78 is 0. The van der Waals surface area contributed by atoms with Gasteiger partial charge in [0.15, 0.2) is 0 Å². The van der Waals surface area contributed by atoms with E-state index in [1.54, 1.807) is 0 Å². The summed E-state index contributed by atoms with van der Waals surface area (Å²) in [6, 6.07) is 8.55. The van der Waals surface area contributed by atoms with Crippen molar-refractivity contribution in [3.63, 3.8) is 0 Å². The minimum Gasteiger partial charge on any atom is -0.391 e. The lowest BCUT2D eigenvalue weighted by Gasteiger charge is -2.31. The number of aliphatic hydroxyl groups excluding tert-OH is 1. The Balaban J connectivity index is 1.67. The fourth-order valence-electron chi connectivity index (χ4n) is 3.03. The van der Waals surface area contributed by atoms with Crippen molar-refractivity contribution in [2.45, 2.75) is 31.4 Å². The summed E-state index contributed by atoms with van der Waals surface area (Å²) in [5.41, 5.74) is 2.53. The molecule has 2 aliphatic rings. The van der Waals surface area contributed by atoms with Gasteiger partial charge < -0.3 is 15.7 Å². The zero-order valence-electron chi connectivity index (χ0n) is 10.0. The second-order valence-electron chi connectivity index (χ2n) is 5.21. The third-order valence-corrected chi connectivity index (χ3v) is 4.03. The van der Waals surface area contributed by atoms with E-state index in [4.69, 9.17) is 0 Å². The Kier molecular flexibility index (Phi) is 3.04. The third kappa shape index (κ3) is 2.17. The molecule has 0 aliphatic carbocycles. The fraction of sp³-hybridized carbons (Fsp3) is 0.571. The molecule has 3 N–H and O–H groups in total. The molecular formula is C14H20N2O. The maximum atomic E-state index is 10.4. The van der Waals surface area contributed by atoms with E-state index in [1.165, 1.54) is 17.7 Å². The normalized spacial score (nSPS) is 29.5. The van der Waals surface area contributed by atoms with Crippen LogP contribution in [0, 0.1) is 5.92 Å². The molecule has 92 valence electrons. The highest BCUT2D eigenvalue weighted by Gasteiger charge is 2.32. The highest BCUT2D eigenvalue weighted by atomic mass is 16.3. The molecule has 0 amide bonds. The number of para-hydroxylation sites is 1. The van der Waals surface area contributed by atoms with Crippen molar-refractivity contribution >= 4 is 5.69 Å². The van der Waals surface area contributed by atoms with Gasteiger partial charge in [0.05, 0.1) is 12.1 Å². The first-order valence-electron chi connectivity index (χ1n) is 6.58. The predicted molar refractivity (Wildman–Crippen MR) is 69.2 cm³/mol. The number of fused-ring (bicyclic) bond motifs is 1. The summed E-state index contributed by atoms with van der Waals surface area (Å²) in [4.78, 5) is 0. The van der Waals surface area contributed by atoms with E-state index in [-0.39, 0.29) is 12.1 Å². The second-order valence-corrected chi connectivity index (χ2v) is 5.21. The molecule has 1 saturated heterocycles. The lowest BCUT2D eigenvalue weighted by Crippen LogP contribution is -2.44. The molecule has 1 fully saturated rings. The number of piperidine rings is 1. The lowest BCUT2D eigenvalue weighted by molar-refractivity contribution is 0.0762.